The minimum Gasteiger partial charge on any atom is -0.334 e. The Balaban J connectivity index is 1.57. The third-order valence-corrected chi connectivity index (χ3v) is 5.52. The average molecular weight is 304 g/mol. The number of rotatable bonds is 6. The lowest BCUT2D eigenvalue weighted by atomic mass is 9.89. The highest BCUT2D eigenvalue weighted by Gasteiger charge is 2.34. The molecule has 2 unspecified atom stereocenters. The van der Waals surface area contributed by atoms with Gasteiger partial charge in [-0.25, -0.2) is 0 Å². The largest absolute Gasteiger partial charge is 0.334 e. The van der Waals surface area contributed by atoms with Crippen molar-refractivity contribution in [2.24, 2.45) is 5.92 Å². The fourth-order valence-corrected chi connectivity index (χ4v) is 4.44. The lowest BCUT2D eigenvalue weighted by Gasteiger charge is -2.30. The van der Waals surface area contributed by atoms with E-state index in [1.54, 1.807) is 11.3 Å². The first-order valence-electron chi connectivity index (χ1n) is 7.91. The van der Waals surface area contributed by atoms with Crippen molar-refractivity contribution in [3.05, 3.63) is 35.0 Å². The zero-order valence-electron chi connectivity index (χ0n) is 12.5. The number of nitrogens with zero attached hydrogens (tertiary/aromatic N) is 1. The zero-order chi connectivity index (χ0) is 14.7. The van der Waals surface area contributed by atoms with Crippen molar-refractivity contribution in [1.29, 1.82) is 0 Å². The summed E-state index contributed by atoms with van der Waals surface area (Å²) in [6.45, 7) is 5.16. The molecule has 1 aromatic heterocycles. The highest BCUT2D eigenvalue weighted by molar-refractivity contribution is 7.09. The molecule has 4 heteroatoms. The molecule has 1 N–H and O–H groups in total. The molecule has 114 valence electrons. The molecule has 3 heterocycles. The number of amides is 1. The van der Waals surface area contributed by atoms with Gasteiger partial charge in [-0.05, 0) is 43.0 Å². The second-order valence-electron chi connectivity index (χ2n) is 6.32. The third-order valence-electron chi connectivity index (χ3n) is 4.66. The molecule has 2 fully saturated rings. The molecule has 3 rings (SSSR count). The summed E-state index contributed by atoms with van der Waals surface area (Å²) in [5, 5.41) is 5.71. The number of nitrogens with one attached hydrogen (secondary N) is 1. The van der Waals surface area contributed by atoms with Crippen molar-refractivity contribution >= 4 is 17.2 Å². The minimum absolute atomic E-state index is 0.287. The first kappa shape index (κ1) is 14.8. The Morgan fingerprint density at radius 1 is 1.43 bits per heavy atom. The Bertz CT molecular complexity index is 473. The van der Waals surface area contributed by atoms with Gasteiger partial charge in [0.05, 0.1) is 6.54 Å². The van der Waals surface area contributed by atoms with E-state index in [0.717, 1.165) is 6.54 Å². The lowest BCUT2D eigenvalue weighted by Crippen LogP contribution is -2.40. The van der Waals surface area contributed by atoms with Crippen LogP contribution in [0.1, 0.15) is 37.0 Å². The summed E-state index contributed by atoms with van der Waals surface area (Å²) >= 11 is 1.71. The lowest BCUT2D eigenvalue weighted by molar-refractivity contribution is -0.132. The molecule has 1 amide bonds. The van der Waals surface area contributed by atoms with E-state index in [0.29, 0.717) is 31.0 Å². The van der Waals surface area contributed by atoms with Crippen molar-refractivity contribution < 1.29 is 4.79 Å². The number of hydrogen-bond donors (Lipinski definition) is 1. The van der Waals surface area contributed by atoms with Crippen molar-refractivity contribution in [2.75, 3.05) is 6.54 Å². The number of carbonyl (C=O) groups is 1. The van der Waals surface area contributed by atoms with Gasteiger partial charge in [0.1, 0.15) is 0 Å². The van der Waals surface area contributed by atoms with Gasteiger partial charge >= 0.3 is 0 Å². The molecule has 2 aliphatic heterocycles. The van der Waals surface area contributed by atoms with Gasteiger partial charge in [0.15, 0.2) is 0 Å². The average Bonchev–Trinajstić information content (AvgIpc) is 3.08. The second-order valence-corrected chi connectivity index (χ2v) is 7.35. The van der Waals surface area contributed by atoms with E-state index in [2.05, 4.69) is 23.3 Å². The molecule has 2 bridgehead atoms. The minimum atomic E-state index is 0.287. The van der Waals surface area contributed by atoms with E-state index in [4.69, 9.17) is 0 Å². The van der Waals surface area contributed by atoms with Gasteiger partial charge in [-0.15, -0.1) is 17.9 Å². The third kappa shape index (κ3) is 3.74. The second kappa shape index (κ2) is 6.75. The van der Waals surface area contributed by atoms with E-state index in [1.165, 1.54) is 30.6 Å². The maximum absolute atomic E-state index is 12.6. The fraction of sp³-hybridized carbons (Fsp3) is 0.588. The Morgan fingerprint density at radius 2 is 2.19 bits per heavy atom. The first-order chi connectivity index (χ1) is 10.2. The van der Waals surface area contributed by atoms with Crippen molar-refractivity contribution in [3.63, 3.8) is 0 Å². The van der Waals surface area contributed by atoms with E-state index in [-0.39, 0.29) is 5.91 Å². The van der Waals surface area contributed by atoms with E-state index < -0.39 is 0 Å². The Kier molecular flexibility index (Phi) is 4.76. The molecule has 0 radical (unpaired) electrons. The molecule has 2 aliphatic rings. The standard InChI is InChI=1S/C17H24N2OS/c1-2-7-19(12-16-4-3-8-21-16)17(20)11-13-9-14-5-6-15(10-13)18-14/h2-4,8,13-15,18H,1,5-7,9-12H2. The number of piperidine rings is 1. The topological polar surface area (TPSA) is 32.3 Å². The molecular weight excluding hydrogens is 280 g/mol. The van der Waals surface area contributed by atoms with Crippen LogP contribution < -0.4 is 5.32 Å². The summed E-state index contributed by atoms with van der Waals surface area (Å²) in [5.74, 6) is 0.849. The summed E-state index contributed by atoms with van der Waals surface area (Å²) in [4.78, 5) is 15.8. The molecule has 0 aliphatic carbocycles. The maximum atomic E-state index is 12.6. The predicted octanol–water partition coefficient (Wildman–Crippen LogP) is 3.18. The van der Waals surface area contributed by atoms with E-state index >= 15 is 0 Å². The van der Waals surface area contributed by atoms with Crippen LogP contribution in [0.25, 0.3) is 0 Å². The van der Waals surface area contributed by atoms with Crippen LogP contribution >= 0.6 is 11.3 Å². The molecular formula is C17H24N2OS. The van der Waals surface area contributed by atoms with Crippen LogP contribution in [0.5, 0.6) is 0 Å². The van der Waals surface area contributed by atoms with Crippen LogP contribution in [0.2, 0.25) is 0 Å². The summed E-state index contributed by atoms with van der Waals surface area (Å²) in [5.41, 5.74) is 0. The Morgan fingerprint density at radius 3 is 2.81 bits per heavy atom. The molecule has 1 aromatic rings. The molecule has 21 heavy (non-hydrogen) atoms. The monoisotopic (exact) mass is 304 g/mol. The quantitative estimate of drug-likeness (QED) is 0.819. The van der Waals surface area contributed by atoms with Gasteiger partial charge in [0, 0.05) is 29.9 Å². The summed E-state index contributed by atoms with van der Waals surface area (Å²) in [6, 6.07) is 5.46. The van der Waals surface area contributed by atoms with Crippen LogP contribution in [0.15, 0.2) is 30.2 Å². The van der Waals surface area contributed by atoms with E-state index in [1.807, 2.05) is 17.0 Å². The fourth-order valence-electron chi connectivity index (χ4n) is 3.72. The molecule has 2 atom stereocenters. The normalized spacial score (nSPS) is 27.5. The molecule has 2 saturated heterocycles. The van der Waals surface area contributed by atoms with E-state index in [9.17, 15) is 4.79 Å². The Labute approximate surface area is 131 Å². The molecule has 0 aromatic carbocycles. The summed E-state index contributed by atoms with van der Waals surface area (Å²) < 4.78 is 0. The van der Waals surface area contributed by atoms with Crippen molar-refractivity contribution in [3.8, 4) is 0 Å². The number of carbonyl (C=O) groups excluding carboxylic acids is 1. The summed E-state index contributed by atoms with van der Waals surface area (Å²) in [7, 11) is 0. The van der Waals surface area contributed by atoms with Crippen LogP contribution in [0, 0.1) is 5.92 Å². The maximum Gasteiger partial charge on any atom is 0.223 e. The van der Waals surface area contributed by atoms with Gasteiger partial charge in [-0.1, -0.05) is 12.1 Å². The molecule has 0 spiro atoms. The number of thiophene rings is 1. The predicted molar refractivity (Wildman–Crippen MR) is 87.2 cm³/mol. The van der Waals surface area contributed by atoms with Gasteiger partial charge in [0.25, 0.3) is 0 Å². The van der Waals surface area contributed by atoms with Crippen molar-refractivity contribution in [2.45, 2.75) is 50.7 Å². The van der Waals surface area contributed by atoms with Crippen LogP contribution in [-0.4, -0.2) is 29.4 Å². The van der Waals surface area contributed by atoms with Crippen LogP contribution in [0.4, 0.5) is 0 Å². The van der Waals surface area contributed by atoms with Gasteiger partial charge in [-0.3, -0.25) is 4.79 Å². The van der Waals surface area contributed by atoms with Crippen LogP contribution in [-0.2, 0) is 11.3 Å². The highest BCUT2D eigenvalue weighted by atomic mass is 32.1. The number of hydrogen-bond acceptors (Lipinski definition) is 3. The Hall–Kier alpha value is -1.13. The van der Waals surface area contributed by atoms with Crippen molar-refractivity contribution in [1.82, 2.24) is 10.2 Å². The molecule has 0 saturated carbocycles. The first-order valence-corrected chi connectivity index (χ1v) is 8.79. The van der Waals surface area contributed by atoms with Gasteiger partial charge < -0.3 is 10.2 Å². The van der Waals surface area contributed by atoms with Gasteiger partial charge in [0.2, 0.25) is 5.91 Å². The van der Waals surface area contributed by atoms with Gasteiger partial charge in [-0.2, -0.15) is 0 Å². The SMILES string of the molecule is C=CCN(Cc1cccs1)C(=O)CC1CC2CCC(C1)N2. The summed E-state index contributed by atoms with van der Waals surface area (Å²) in [6.07, 6.45) is 7.46. The molecule has 3 nitrogen and oxygen atoms in total. The zero-order valence-corrected chi connectivity index (χ0v) is 13.3. The highest BCUT2D eigenvalue weighted by Crippen LogP contribution is 2.33. The van der Waals surface area contributed by atoms with Crippen LogP contribution in [0.3, 0.4) is 0 Å². The smallest absolute Gasteiger partial charge is 0.223 e. The number of fused-ring (bicyclic) bond motifs is 2.